The molecule has 1 aliphatic heterocycles. The number of aryl methyl sites for hydroxylation is 2. The summed E-state index contributed by atoms with van der Waals surface area (Å²) in [7, 11) is -2.06. The van der Waals surface area contributed by atoms with Gasteiger partial charge in [0.05, 0.1) is 7.11 Å². The summed E-state index contributed by atoms with van der Waals surface area (Å²) in [4.78, 5) is 0.254. The van der Waals surface area contributed by atoms with Crippen LogP contribution in [-0.2, 0) is 10.0 Å². The minimum atomic E-state index is -3.55. The predicted molar refractivity (Wildman–Crippen MR) is 78.7 cm³/mol. The lowest BCUT2D eigenvalue weighted by molar-refractivity contribution is 0.398. The fourth-order valence-electron chi connectivity index (χ4n) is 2.63. The van der Waals surface area contributed by atoms with Crippen molar-refractivity contribution in [2.24, 2.45) is 0 Å². The standard InChI is InChI=1S/C14H22N2O3S/c1-10-8-11(2)14(13(9-10)19-3)20(17,18)16-12-4-6-15-7-5-12/h8-9,12,15-16H,4-7H2,1-3H3. The first-order chi connectivity index (χ1) is 9.44. The van der Waals surface area contributed by atoms with Gasteiger partial charge in [-0.1, -0.05) is 6.07 Å². The van der Waals surface area contributed by atoms with Crippen LogP contribution in [0.2, 0.25) is 0 Å². The molecule has 2 N–H and O–H groups in total. The fraction of sp³-hybridized carbons (Fsp3) is 0.571. The third-order valence-electron chi connectivity index (χ3n) is 3.53. The predicted octanol–water partition coefficient (Wildman–Crippen LogP) is 1.34. The molecule has 1 aliphatic rings. The molecule has 20 heavy (non-hydrogen) atoms. The lowest BCUT2D eigenvalue weighted by Crippen LogP contribution is -2.42. The molecule has 0 radical (unpaired) electrons. The third kappa shape index (κ3) is 3.31. The van der Waals surface area contributed by atoms with Crippen molar-refractivity contribution < 1.29 is 13.2 Å². The summed E-state index contributed by atoms with van der Waals surface area (Å²) in [5.41, 5.74) is 1.70. The third-order valence-corrected chi connectivity index (χ3v) is 5.24. The van der Waals surface area contributed by atoms with Crippen molar-refractivity contribution in [3.05, 3.63) is 23.3 Å². The van der Waals surface area contributed by atoms with Gasteiger partial charge < -0.3 is 10.1 Å². The first kappa shape index (κ1) is 15.3. The second-order valence-corrected chi connectivity index (χ2v) is 6.91. The molecule has 1 aromatic rings. The lowest BCUT2D eigenvalue weighted by Gasteiger charge is -2.24. The minimum Gasteiger partial charge on any atom is -0.495 e. The van der Waals surface area contributed by atoms with E-state index in [-0.39, 0.29) is 10.9 Å². The zero-order valence-corrected chi connectivity index (χ0v) is 13.0. The van der Waals surface area contributed by atoms with Crippen molar-refractivity contribution >= 4 is 10.0 Å². The fourth-order valence-corrected chi connectivity index (χ4v) is 4.31. The van der Waals surface area contributed by atoms with Gasteiger partial charge in [-0.25, -0.2) is 13.1 Å². The van der Waals surface area contributed by atoms with Crippen LogP contribution in [-0.4, -0.2) is 34.7 Å². The summed E-state index contributed by atoms with van der Waals surface area (Å²) in [6, 6.07) is 3.61. The topological polar surface area (TPSA) is 67.4 Å². The highest BCUT2D eigenvalue weighted by atomic mass is 32.2. The molecule has 1 aromatic carbocycles. The van der Waals surface area contributed by atoms with Crippen LogP contribution in [0.4, 0.5) is 0 Å². The van der Waals surface area contributed by atoms with E-state index < -0.39 is 10.0 Å². The second-order valence-electron chi connectivity index (χ2n) is 5.26. The van der Waals surface area contributed by atoms with Gasteiger partial charge in [0, 0.05) is 6.04 Å². The van der Waals surface area contributed by atoms with Crippen molar-refractivity contribution in [3.63, 3.8) is 0 Å². The lowest BCUT2D eigenvalue weighted by atomic mass is 10.1. The molecule has 0 bridgehead atoms. The van der Waals surface area contributed by atoms with Gasteiger partial charge in [0.2, 0.25) is 10.0 Å². The van der Waals surface area contributed by atoms with Crippen molar-refractivity contribution in [3.8, 4) is 5.75 Å². The van der Waals surface area contributed by atoms with Crippen LogP contribution in [0.25, 0.3) is 0 Å². The Kier molecular flexibility index (Phi) is 4.67. The Morgan fingerprint density at radius 2 is 1.90 bits per heavy atom. The van der Waals surface area contributed by atoms with Crippen molar-refractivity contribution in [2.45, 2.75) is 37.6 Å². The number of ether oxygens (including phenoxy) is 1. The minimum absolute atomic E-state index is 0.00772. The molecule has 0 aliphatic carbocycles. The summed E-state index contributed by atoms with van der Waals surface area (Å²) >= 11 is 0. The summed E-state index contributed by atoms with van der Waals surface area (Å²) in [5.74, 6) is 0.406. The van der Waals surface area contributed by atoms with Gasteiger partial charge in [-0.05, 0) is 57.0 Å². The molecular weight excluding hydrogens is 276 g/mol. The maximum atomic E-state index is 12.6. The molecule has 0 unspecified atom stereocenters. The summed E-state index contributed by atoms with van der Waals surface area (Å²) < 4.78 is 33.3. The summed E-state index contributed by atoms with van der Waals surface area (Å²) in [6.07, 6.45) is 1.62. The molecule has 0 atom stereocenters. The number of rotatable bonds is 4. The zero-order valence-electron chi connectivity index (χ0n) is 12.2. The number of hydrogen-bond donors (Lipinski definition) is 2. The average molecular weight is 298 g/mol. The van der Waals surface area contributed by atoms with Crippen LogP contribution in [0.1, 0.15) is 24.0 Å². The number of hydrogen-bond acceptors (Lipinski definition) is 4. The highest BCUT2D eigenvalue weighted by molar-refractivity contribution is 7.89. The molecule has 1 fully saturated rings. The number of sulfonamides is 1. The smallest absolute Gasteiger partial charge is 0.244 e. The van der Waals surface area contributed by atoms with Crippen LogP contribution in [0.3, 0.4) is 0 Å². The highest BCUT2D eigenvalue weighted by Gasteiger charge is 2.26. The second kappa shape index (κ2) is 6.11. The Morgan fingerprint density at radius 1 is 1.25 bits per heavy atom. The van der Waals surface area contributed by atoms with Crippen molar-refractivity contribution in [1.29, 1.82) is 0 Å². The molecule has 0 amide bonds. The number of benzene rings is 1. The van der Waals surface area contributed by atoms with Crippen LogP contribution >= 0.6 is 0 Å². The molecule has 2 rings (SSSR count). The van der Waals surface area contributed by atoms with E-state index in [1.807, 2.05) is 13.0 Å². The Balaban J connectivity index is 2.33. The molecule has 112 valence electrons. The SMILES string of the molecule is COc1cc(C)cc(C)c1S(=O)(=O)NC1CCNCC1. The number of methoxy groups -OCH3 is 1. The first-order valence-corrected chi connectivity index (χ1v) is 8.30. The van der Waals surface area contributed by atoms with E-state index in [1.54, 1.807) is 13.0 Å². The maximum Gasteiger partial charge on any atom is 0.244 e. The van der Waals surface area contributed by atoms with E-state index >= 15 is 0 Å². The molecule has 5 nitrogen and oxygen atoms in total. The highest BCUT2D eigenvalue weighted by Crippen LogP contribution is 2.29. The average Bonchev–Trinajstić information content (AvgIpc) is 2.37. The van der Waals surface area contributed by atoms with Gasteiger partial charge in [0.15, 0.2) is 0 Å². The molecular formula is C14H22N2O3S. The number of nitrogens with one attached hydrogen (secondary N) is 2. The molecule has 6 heteroatoms. The maximum absolute atomic E-state index is 12.6. The van der Waals surface area contributed by atoms with Gasteiger partial charge in [-0.15, -0.1) is 0 Å². The van der Waals surface area contributed by atoms with Crippen LogP contribution in [0.15, 0.2) is 17.0 Å². The largest absolute Gasteiger partial charge is 0.495 e. The Hall–Kier alpha value is -1.11. The molecule has 1 heterocycles. The van der Waals surface area contributed by atoms with E-state index in [4.69, 9.17) is 4.74 Å². The molecule has 0 spiro atoms. The van der Waals surface area contributed by atoms with Gasteiger partial charge in [-0.3, -0.25) is 0 Å². The van der Waals surface area contributed by atoms with E-state index in [0.717, 1.165) is 31.5 Å². The summed E-state index contributed by atoms with van der Waals surface area (Å²) in [5, 5.41) is 3.22. The first-order valence-electron chi connectivity index (χ1n) is 6.82. The summed E-state index contributed by atoms with van der Waals surface area (Å²) in [6.45, 7) is 5.41. The van der Waals surface area contributed by atoms with Crippen LogP contribution < -0.4 is 14.8 Å². The quantitative estimate of drug-likeness (QED) is 0.880. The van der Waals surface area contributed by atoms with Crippen LogP contribution in [0.5, 0.6) is 5.75 Å². The molecule has 0 aromatic heterocycles. The van der Waals surface area contributed by atoms with E-state index in [0.29, 0.717) is 11.3 Å². The van der Waals surface area contributed by atoms with Crippen molar-refractivity contribution in [1.82, 2.24) is 10.0 Å². The van der Waals surface area contributed by atoms with Gasteiger partial charge in [0.25, 0.3) is 0 Å². The molecule has 1 saturated heterocycles. The normalized spacial score (nSPS) is 17.1. The Morgan fingerprint density at radius 3 is 2.50 bits per heavy atom. The zero-order chi connectivity index (χ0) is 14.8. The number of piperidine rings is 1. The van der Waals surface area contributed by atoms with E-state index in [1.165, 1.54) is 7.11 Å². The van der Waals surface area contributed by atoms with Gasteiger partial charge >= 0.3 is 0 Å². The van der Waals surface area contributed by atoms with E-state index in [9.17, 15) is 8.42 Å². The Bertz CT molecular complexity index is 578. The van der Waals surface area contributed by atoms with E-state index in [2.05, 4.69) is 10.0 Å². The molecule has 0 saturated carbocycles. The van der Waals surface area contributed by atoms with Crippen LogP contribution in [0, 0.1) is 13.8 Å². The monoisotopic (exact) mass is 298 g/mol. The van der Waals surface area contributed by atoms with Gasteiger partial charge in [-0.2, -0.15) is 0 Å². The van der Waals surface area contributed by atoms with Gasteiger partial charge in [0.1, 0.15) is 10.6 Å². The van der Waals surface area contributed by atoms with Crippen molar-refractivity contribution in [2.75, 3.05) is 20.2 Å². The Labute approximate surface area is 120 Å².